The second kappa shape index (κ2) is 7.12. The Labute approximate surface area is 90.4 Å². The van der Waals surface area contributed by atoms with Gasteiger partial charge in [-0.25, -0.2) is 8.78 Å². The predicted octanol–water partition coefficient (Wildman–Crippen LogP) is 2.44. The third-order valence-electron chi connectivity index (χ3n) is 3.08. The van der Waals surface area contributed by atoms with Gasteiger partial charge in [-0.05, 0) is 18.8 Å². The van der Waals surface area contributed by atoms with E-state index in [1.54, 1.807) is 0 Å². The molecule has 0 radical (unpaired) electrons. The van der Waals surface area contributed by atoms with Gasteiger partial charge in [-0.3, -0.25) is 0 Å². The molecule has 0 amide bonds. The highest BCUT2D eigenvalue weighted by Crippen LogP contribution is 2.27. The molecule has 2 nitrogen and oxygen atoms in total. The molecule has 0 aliphatic heterocycles. The first-order chi connectivity index (χ1) is 7.24. The molecule has 15 heavy (non-hydrogen) atoms. The van der Waals surface area contributed by atoms with E-state index in [0.29, 0.717) is 19.2 Å². The molecule has 1 N–H and O–H groups in total. The Balaban J connectivity index is 1.99. The maximum absolute atomic E-state index is 11.7. The predicted molar refractivity (Wildman–Crippen MR) is 56.2 cm³/mol. The van der Waals surface area contributed by atoms with Gasteiger partial charge < -0.3 is 10.1 Å². The normalized spacial score (nSPS) is 26.4. The van der Waals surface area contributed by atoms with Crippen molar-refractivity contribution in [3.8, 4) is 0 Å². The Bertz CT molecular complexity index is 167. The van der Waals surface area contributed by atoms with Crippen LogP contribution in [0, 0.1) is 5.92 Å². The molecule has 1 fully saturated rings. The fraction of sp³-hybridized carbons (Fsp3) is 1.00. The van der Waals surface area contributed by atoms with Gasteiger partial charge in [0.2, 0.25) is 0 Å². The molecule has 4 heteroatoms. The number of alkyl halides is 2. The molecule has 0 saturated heterocycles. The van der Waals surface area contributed by atoms with E-state index in [1.807, 2.05) is 0 Å². The summed E-state index contributed by atoms with van der Waals surface area (Å²) in [6.45, 7) is 2.84. The number of nitrogens with one attached hydrogen (secondary N) is 1. The second-order valence-electron chi connectivity index (χ2n) is 4.13. The van der Waals surface area contributed by atoms with E-state index in [2.05, 4.69) is 12.2 Å². The van der Waals surface area contributed by atoms with Crippen LogP contribution in [0.15, 0.2) is 0 Å². The van der Waals surface area contributed by atoms with Crippen LogP contribution in [0.2, 0.25) is 0 Å². The smallest absolute Gasteiger partial charge is 0.261 e. The van der Waals surface area contributed by atoms with Gasteiger partial charge in [0, 0.05) is 12.6 Å². The fourth-order valence-corrected chi connectivity index (χ4v) is 2.28. The van der Waals surface area contributed by atoms with E-state index in [9.17, 15) is 8.78 Å². The van der Waals surface area contributed by atoms with E-state index in [-0.39, 0.29) is 0 Å². The highest BCUT2D eigenvalue weighted by atomic mass is 19.3. The highest BCUT2D eigenvalue weighted by molar-refractivity contribution is 4.81. The van der Waals surface area contributed by atoms with Crippen LogP contribution in [0.5, 0.6) is 0 Å². The quantitative estimate of drug-likeness (QED) is 0.667. The molecular weight excluding hydrogens is 200 g/mol. The standard InChI is InChI=1S/C11H21F2NO/c1-2-9-4-3-5-10(9)14-6-7-15-8-11(12)13/h9-11,14H,2-8H2,1H3. The number of hydrogen-bond donors (Lipinski definition) is 1. The summed E-state index contributed by atoms with van der Waals surface area (Å²) in [6.07, 6.45) is 2.66. The van der Waals surface area contributed by atoms with Gasteiger partial charge in [-0.15, -0.1) is 0 Å². The summed E-state index contributed by atoms with van der Waals surface area (Å²) in [5, 5.41) is 3.39. The van der Waals surface area contributed by atoms with Crippen molar-refractivity contribution in [2.75, 3.05) is 19.8 Å². The van der Waals surface area contributed by atoms with Gasteiger partial charge in [0.25, 0.3) is 6.43 Å². The fourth-order valence-electron chi connectivity index (χ4n) is 2.28. The van der Waals surface area contributed by atoms with Crippen molar-refractivity contribution in [1.29, 1.82) is 0 Å². The molecule has 0 heterocycles. The molecule has 2 unspecified atom stereocenters. The van der Waals surface area contributed by atoms with E-state index >= 15 is 0 Å². The largest absolute Gasteiger partial charge is 0.374 e. The Hall–Kier alpha value is -0.220. The lowest BCUT2D eigenvalue weighted by Crippen LogP contribution is -2.34. The van der Waals surface area contributed by atoms with Crippen LogP contribution in [0.4, 0.5) is 8.78 Å². The molecule has 0 aromatic rings. The summed E-state index contributed by atoms with van der Waals surface area (Å²) in [6, 6.07) is 0.574. The summed E-state index contributed by atoms with van der Waals surface area (Å²) in [7, 11) is 0. The average molecular weight is 221 g/mol. The van der Waals surface area contributed by atoms with Crippen molar-refractivity contribution in [3.05, 3.63) is 0 Å². The molecule has 1 rings (SSSR count). The molecule has 0 aromatic carbocycles. The molecule has 0 spiro atoms. The lowest BCUT2D eigenvalue weighted by molar-refractivity contribution is 0.0179. The monoisotopic (exact) mass is 221 g/mol. The van der Waals surface area contributed by atoms with Crippen molar-refractivity contribution < 1.29 is 13.5 Å². The lowest BCUT2D eigenvalue weighted by atomic mass is 10.0. The van der Waals surface area contributed by atoms with Gasteiger partial charge in [0.1, 0.15) is 6.61 Å². The van der Waals surface area contributed by atoms with Crippen LogP contribution < -0.4 is 5.32 Å². The molecule has 1 saturated carbocycles. The minimum atomic E-state index is -2.35. The molecule has 2 atom stereocenters. The van der Waals surface area contributed by atoms with Crippen LogP contribution in [-0.2, 0) is 4.74 Å². The minimum absolute atomic E-state index is 0.386. The third-order valence-corrected chi connectivity index (χ3v) is 3.08. The van der Waals surface area contributed by atoms with Gasteiger partial charge in [-0.2, -0.15) is 0 Å². The van der Waals surface area contributed by atoms with Crippen LogP contribution in [0.25, 0.3) is 0 Å². The van der Waals surface area contributed by atoms with Crippen LogP contribution in [-0.4, -0.2) is 32.2 Å². The van der Waals surface area contributed by atoms with Crippen molar-refractivity contribution in [3.63, 3.8) is 0 Å². The topological polar surface area (TPSA) is 21.3 Å². The van der Waals surface area contributed by atoms with Gasteiger partial charge in [0.05, 0.1) is 6.61 Å². The molecular formula is C11H21F2NO. The molecule has 0 aromatic heterocycles. The number of ether oxygens (including phenoxy) is 1. The highest BCUT2D eigenvalue weighted by Gasteiger charge is 2.24. The van der Waals surface area contributed by atoms with E-state index in [1.165, 1.54) is 25.7 Å². The van der Waals surface area contributed by atoms with Crippen LogP contribution in [0.3, 0.4) is 0 Å². The van der Waals surface area contributed by atoms with Gasteiger partial charge in [0.15, 0.2) is 0 Å². The summed E-state index contributed by atoms with van der Waals surface area (Å²) in [4.78, 5) is 0. The SMILES string of the molecule is CCC1CCCC1NCCOCC(F)F. The Morgan fingerprint density at radius 2 is 2.20 bits per heavy atom. The van der Waals surface area contributed by atoms with E-state index in [0.717, 1.165) is 5.92 Å². The summed E-state index contributed by atoms with van der Waals surface area (Å²) >= 11 is 0. The first kappa shape index (κ1) is 12.8. The lowest BCUT2D eigenvalue weighted by Gasteiger charge is -2.19. The van der Waals surface area contributed by atoms with Crippen LogP contribution in [0.1, 0.15) is 32.6 Å². The summed E-state index contributed by atoms with van der Waals surface area (Å²) in [5.74, 6) is 0.764. The van der Waals surface area contributed by atoms with Crippen molar-refractivity contribution >= 4 is 0 Å². The Kier molecular flexibility index (Phi) is 6.10. The van der Waals surface area contributed by atoms with Gasteiger partial charge >= 0.3 is 0 Å². The second-order valence-corrected chi connectivity index (χ2v) is 4.13. The first-order valence-electron chi connectivity index (χ1n) is 5.83. The van der Waals surface area contributed by atoms with Crippen molar-refractivity contribution in [2.45, 2.75) is 45.1 Å². The Morgan fingerprint density at radius 3 is 2.87 bits per heavy atom. The first-order valence-corrected chi connectivity index (χ1v) is 5.83. The minimum Gasteiger partial charge on any atom is -0.374 e. The third kappa shape index (κ3) is 4.89. The summed E-state index contributed by atoms with van der Waals surface area (Å²) in [5.41, 5.74) is 0. The molecule has 0 bridgehead atoms. The average Bonchev–Trinajstić information content (AvgIpc) is 2.64. The zero-order valence-electron chi connectivity index (χ0n) is 9.35. The number of rotatable bonds is 7. The molecule has 90 valence electrons. The van der Waals surface area contributed by atoms with E-state index < -0.39 is 13.0 Å². The Morgan fingerprint density at radius 1 is 1.40 bits per heavy atom. The molecule has 1 aliphatic carbocycles. The maximum atomic E-state index is 11.7. The van der Waals surface area contributed by atoms with Crippen molar-refractivity contribution in [1.82, 2.24) is 5.32 Å². The number of halogens is 2. The van der Waals surface area contributed by atoms with Crippen molar-refractivity contribution in [2.24, 2.45) is 5.92 Å². The van der Waals surface area contributed by atoms with Gasteiger partial charge in [-0.1, -0.05) is 19.8 Å². The zero-order valence-corrected chi connectivity index (χ0v) is 9.35. The van der Waals surface area contributed by atoms with Crippen LogP contribution >= 0.6 is 0 Å². The number of hydrogen-bond acceptors (Lipinski definition) is 2. The molecule has 1 aliphatic rings. The van der Waals surface area contributed by atoms with E-state index in [4.69, 9.17) is 4.74 Å². The summed E-state index contributed by atoms with van der Waals surface area (Å²) < 4.78 is 28.3. The maximum Gasteiger partial charge on any atom is 0.261 e. The zero-order chi connectivity index (χ0) is 11.1.